The summed E-state index contributed by atoms with van der Waals surface area (Å²) < 4.78 is 7.74. The minimum absolute atomic E-state index is 0.103. The second-order valence-corrected chi connectivity index (χ2v) is 9.90. The highest BCUT2D eigenvalue weighted by Gasteiger charge is 2.34. The van der Waals surface area contributed by atoms with E-state index in [-0.39, 0.29) is 17.6 Å². The van der Waals surface area contributed by atoms with Gasteiger partial charge >= 0.3 is 0 Å². The molecule has 0 spiro atoms. The number of fused-ring (bicyclic) bond motifs is 2. The van der Waals surface area contributed by atoms with Gasteiger partial charge in [0.05, 0.1) is 12.6 Å². The molecule has 0 saturated heterocycles. The van der Waals surface area contributed by atoms with Gasteiger partial charge in [0.2, 0.25) is 0 Å². The third-order valence-corrected chi connectivity index (χ3v) is 7.66. The van der Waals surface area contributed by atoms with Gasteiger partial charge in [-0.15, -0.1) is 5.10 Å². The number of aromatic nitrogens is 5. The molecule has 8 heteroatoms. The highest BCUT2D eigenvalue weighted by atomic mass is 16.5. The van der Waals surface area contributed by atoms with Crippen LogP contribution in [0.3, 0.4) is 0 Å². The lowest BCUT2D eigenvalue weighted by molar-refractivity contribution is 0.187. The Kier molecular flexibility index (Phi) is 6.27. The SMILES string of the molecule is CCOc1ccc2[nH]c(=O)c([C@H](c3nnnn3C3CCCCC3)N3CCc4ccccc4C3)cc2c1. The standard InChI is InChI=1S/C28H32N6O2/c1-2-36-23-12-13-25-21(16-23)17-24(28(35)29-25)26(33-15-14-19-8-6-7-9-20(19)18-33)27-30-31-32-34(27)22-10-4-3-5-11-22/h6-9,12-13,16-17,22,26H,2-5,10-11,14-15,18H2,1H3,(H,29,35)/t26-/m1/s1. The van der Waals surface area contributed by atoms with E-state index in [0.717, 1.165) is 54.8 Å². The molecule has 0 amide bonds. The van der Waals surface area contributed by atoms with Gasteiger partial charge in [0.25, 0.3) is 5.56 Å². The Hall–Kier alpha value is -3.52. The molecule has 3 heterocycles. The van der Waals surface area contributed by atoms with Crippen LogP contribution in [0.4, 0.5) is 0 Å². The quantitative estimate of drug-likeness (QED) is 0.431. The highest BCUT2D eigenvalue weighted by molar-refractivity contribution is 5.80. The number of hydrogen-bond acceptors (Lipinski definition) is 6. The molecule has 0 radical (unpaired) electrons. The summed E-state index contributed by atoms with van der Waals surface area (Å²) in [5.41, 5.74) is 4.02. The molecule has 1 aliphatic carbocycles. The zero-order chi connectivity index (χ0) is 24.5. The normalized spacial score (nSPS) is 17.7. The molecule has 0 unspecified atom stereocenters. The van der Waals surface area contributed by atoms with Crippen LogP contribution in [0.5, 0.6) is 5.75 Å². The summed E-state index contributed by atoms with van der Waals surface area (Å²) in [5.74, 6) is 1.55. The Morgan fingerprint density at radius 1 is 1.08 bits per heavy atom. The maximum Gasteiger partial charge on any atom is 0.253 e. The zero-order valence-corrected chi connectivity index (χ0v) is 20.7. The fraction of sp³-hybridized carbons (Fsp3) is 0.429. The summed E-state index contributed by atoms with van der Waals surface area (Å²) in [6, 6.07) is 16.3. The number of nitrogens with one attached hydrogen (secondary N) is 1. The largest absolute Gasteiger partial charge is 0.494 e. The topological polar surface area (TPSA) is 88.9 Å². The first-order valence-electron chi connectivity index (χ1n) is 13.1. The van der Waals surface area contributed by atoms with Gasteiger partial charge in [0, 0.05) is 29.6 Å². The average Bonchev–Trinajstić information content (AvgIpc) is 3.39. The number of rotatable bonds is 6. The van der Waals surface area contributed by atoms with Crippen LogP contribution in [-0.4, -0.2) is 43.2 Å². The van der Waals surface area contributed by atoms with E-state index in [9.17, 15) is 4.79 Å². The number of H-pyrrole nitrogens is 1. The number of nitrogens with zero attached hydrogens (tertiary/aromatic N) is 5. The summed E-state index contributed by atoms with van der Waals surface area (Å²) in [6.07, 6.45) is 6.69. The second-order valence-electron chi connectivity index (χ2n) is 9.90. The molecule has 1 atom stereocenters. The molecule has 1 aliphatic heterocycles. The molecule has 1 saturated carbocycles. The Morgan fingerprint density at radius 2 is 1.92 bits per heavy atom. The number of hydrogen-bond donors (Lipinski definition) is 1. The van der Waals surface area contributed by atoms with Crippen LogP contribution in [0.2, 0.25) is 0 Å². The van der Waals surface area contributed by atoms with Crippen molar-refractivity contribution in [3.05, 3.63) is 81.4 Å². The van der Waals surface area contributed by atoms with Crippen LogP contribution in [0.15, 0.2) is 53.3 Å². The highest BCUT2D eigenvalue weighted by Crippen LogP contribution is 2.35. The molecule has 186 valence electrons. The summed E-state index contributed by atoms with van der Waals surface area (Å²) in [4.78, 5) is 19.0. The number of pyridine rings is 1. The third kappa shape index (κ3) is 4.30. The lowest BCUT2D eigenvalue weighted by Gasteiger charge is -2.35. The van der Waals surface area contributed by atoms with E-state index in [1.165, 1.54) is 30.4 Å². The summed E-state index contributed by atoms with van der Waals surface area (Å²) in [6.45, 7) is 4.13. The second kappa shape index (κ2) is 9.85. The van der Waals surface area contributed by atoms with E-state index < -0.39 is 0 Å². The van der Waals surface area contributed by atoms with Crippen molar-refractivity contribution in [1.29, 1.82) is 0 Å². The van der Waals surface area contributed by atoms with E-state index in [0.29, 0.717) is 12.2 Å². The Bertz CT molecular complexity index is 1420. The summed E-state index contributed by atoms with van der Waals surface area (Å²) in [5, 5.41) is 14.1. The van der Waals surface area contributed by atoms with Crippen LogP contribution in [0.1, 0.15) is 73.6 Å². The van der Waals surface area contributed by atoms with Crippen molar-refractivity contribution in [3.63, 3.8) is 0 Å². The van der Waals surface area contributed by atoms with Crippen molar-refractivity contribution in [2.24, 2.45) is 0 Å². The van der Waals surface area contributed by atoms with Gasteiger partial charge in [-0.3, -0.25) is 9.69 Å². The van der Waals surface area contributed by atoms with Gasteiger partial charge in [-0.25, -0.2) is 4.68 Å². The fourth-order valence-electron chi connectivity index (χ4n) is 5.86. The van der Waals surface area contributed by atoms with Crippen molar-refractivity contribution >= 4 is 10.9 Å². The molecule has 1 N–H and O–H groups in total. The maximum atomic E-state index is 13.6. The Labute approximate surface area is 210 Å². The van der Waals surface area contributed by atoms with Crippen molar-refractivity contribution in [1.82, 2.24) is 30.1 Å². The molecular weight excluding hydrogens is 452 g/mol. The number of tetrazole rings is 1. The van der Waals surface area contributed by atoms with Crippen molar-refractivity contribution in [2.45, 2.75) is 64.1 Å². The van der Waals surface area contributed by atoms with Crippen LogP contribution < -0.4 is 10.3 Å². The molecule has 2 aliphatic rings. The Morgan fingerprint density at radius 3 is 2.75 bits per heavy atom. The monoisotopic (exact) mass is 484 g/mol. The van der Waals surface area contributed by atoms with E-state index in [1.807, 2.05) is 35.9 Å². The van der Waals surface area contributed by atoms with Gasteiger partial charge in [0.1, 0.15) is 11.8 Å². The summed E-state index contributed by atoms with van der Waals surface area (Å²) >= 11 is 0. The smallest absolute Gasteiger partial charge is 0.253 e. The van der Waals surface area contributed by atoms with Crippen molar-refractivity contribution in [3.8, 4) is 5.75 Å². The molecule has 4 aromatic rings. The molecule has 1 fully saturated rings. The van der Waals surface area contributed by atoms with Gasteiger partial charge in [-0.05, 0) is 72.0 Å². The fourth-order valence-corrected chi connectivity index (χ4v) is 5.86. The van der Waals surface area contributed by atoms with E-state index in [2.05, 4.69) is 49.7 Å². The van der Waals surface area contributed by atoms with Crippen LogP contribution in [0.25, 0.3) is 10.9 Å². The molecule has 36 heavy (non-hydrogen) atoms. The first kappa shape index (κ1) is 22.9. The van der Waals surface area contributed by atoms with E-state index >= 15 is 0 Å². The van der Waals surface area contributed by atoms with Gasteiger partial charge in [0.15, 0.2) is 5.82 Å². The van der Waals surface area contributed by atoms with Crippen LogP contribution in [0, 0.1) is 0 Å². The predicted octanol–water partition coefficient (Wildman–Crippen LogP) is 4.57. The number of ether oxygens (including phenoxy) is 1. The first-order valence-corrected chi connectivity index (χ1v) is 13.1. The lowest BCUT2D eigenvalue weighted by Crippen LogP contribution is -2.39. The van der Waals surface area contributed by atoms with Crippen LogP contribution in [-0.2, 0) is 13.0 Å². The average molecular weight is 485 g/mol. The minimum Gasteiger partial charge on any atom is -0.494 e. The molecule has 0 bridgehead atoms. The van der Waals surface area contributed by atoms with Crippen molar-refractivity contribution in [2.75, 3.05) is 13.2 Å². The predicted molar refractivity (Wildman–Crippen MR) is 138 cm³/mol. The summed E-state index contributed by atoms with van der Waals surface area (Å²) in [7, 11) is 0. The molecular formula is C28H32N6O2. The van der Waals surface area contributed by atoms with Gasteiger partial charge in [-0.1, -0.05) is 43.5 Å². The number of benzene rings is 2. The number of aromatic amines is 1. The van der Waals surface area contributed by atoms with Crippen molar-refractivity contribution < 1.29 is 4.74 Å². The van der Waals surface area contributed by atoms with Gasteiger partial charge < -0.3 is 9.72 Å². The molecule has 2 aromatic heterocycles. The third-order valence-electron chi connectivity index (χ3n) is 7.66. The Balaban J connectivity index is 1.48. The molecule has 6 rings (SSSR count). The zero-order valence-electron chi connectivity index (χ0n) is 20.7. The van der Waals surface area contributed by atoms with E-state index in [1.54, 1.807) is 0 Å². The molecule has 8 nitrogen and oxygen atoms in total. The van der Waals surface area contributed by atoms with Gasteiger partial charge in [-0.2, -0.15) is 0 Å². The molecule has 2 aromatic carbocycles. The van der Waals surface area contributed by atoms with Crippen LogP contribution >= 0.6 is 0 Å². The lowest BCUT2D eigenvalue weighted by atomic mass is 9.94. The first-order chi connectivity index (χ1) is 17.7. The minimum atomic E-state index is -0.348. The van der Waals surface area contributed by atoms with E-state index in [4.69, 9.17) is 4.74 Å². The maximum absolute atomic E-state index is 13.6.